The fourth-order valence-electron chi connectivity index (χ4n) is 2.29. The van der Waals surface area contributed by atoms with Crippen molar-refractivity contribution in [1.29, 1.82) is 0 Å². The van der Waals surface area contributed by atoms with E-state index < -0.39 is 6.10 Å². The lowest BCUT2D eigenvalue weighted by atomic mass is 9.93. The number of aliphatic hydroxyl groups is 1. The Morgan fingerprint density at radius 3 is 2.58 bits per heavy atom. The first-order valence-electron chi connectivity index (χ1n) is 6.58. The fraction of sp³-hybridized carbons (Fsp3) is 0.500. The molecule has 1 aliphatic rings. The topological polar surface area (TPSA) is 70.6 Å². The van der Waals surface area contributed by atoms with Crippen molar-refractivity contribution in [2.45, 2.75) is 37.8 Å². The minimum absolute atomic E-state index is 0.146. The number of rotatable bonds is 3. The summed E-state index contributed by atoms with van der Waals surface area (Å²) in [4.78, 5) is 11.8. The van der Waals surface area contributed by atoms with Crippen LogP contribution in [0.2, 0.25) is 0 Å². The van der Waals surface area contributed by atoms with Gasteiger partial charge in [0.2, 0.25) is 0 Å². The molecule has 104 valence electrons. The molecule has 5 nitrogen and oxygen atoms in total. The molecular formula is C14H20N2O3. The molecule has 2 unspecified atom stereocenters. The number of carbonyl (C=O) groups excluding carboxylic acids is 1. The number of anilines is 1. The zero-order valence-corrected chi connectivity index (χ0v) is 11.1. The van der Waals surface area contributed by atoms with Crippen LogP contribution in [0.25, 0.3) is 0 Å². The SMILES string of the molecule is COc1ccc(NC(=O)NC2CCCCC2O)cc1. The molecular weight excluding hydrogens is 244 g/mol. The van der Waals surface area contributed by atoms with Gasteiger partial charge in [0, 0.05) is 5.69 Å². The summed E-state index contributed by atoms with van der Waals surface area (Å²) in [5.41, 5.74) is 0.698. The summed E-state index contributed by atoms with van der Waals surface area (Å²) in [5, 5.41) is 15.4. The van der Waals surface area contributed by atoms with E-state index in [1.165, 1.54) is 0 Å². The lowest BCUT2D eigenvalue weighted by Gasteiger charge is -2.28. The van der Waals surface area contributed by atoms with Crippen LogP contribution in [-0.4, -0.2) is 30.4 Å². The van der Waals surface area contributed by atoms with E-state index in [4.69, 9.17) is 4.74 Å². The molecule has 0 saturated heterocycles. The van der Waals surface area contributed by atoms with Crippen molar-refractivity contribution in [1.82, 2.24) is 5.32 Å². The summed E-state index contributed by atoms with van der Waals surface area (Å²) in [7, 11) is 1.60. The van der Waals surface area contributed by atoms with E-state index in [9.17, 15) is 9.90 Å². The summed E-state index contributed by atoms with van der Waals surface area (Å²) >= 11 is 0. The predicted molar refractivity (Wildman–Crippen MR) is 73.4 cm³/mol. The van der Waals surface area contributed by atoms with Crippen LogP contribution in [0.1, 0.15) is 25.7 Å². The van der Waals surface area contributed by atoms with Crippen LogP contribution in [-0.2, 0) is 0 Å². The van der Waals surface area contributed by atoms with Gasteiger partial charge in [-0.3, -0.25) is 0 Å². The average molecular weight is 264 g/mol. The van der Waals surface area contributed by atoms with Gasteiger partial charge in [0.1, 0.15) is 5.75 Å². The molecule has 19 heavy (non-hydrogen) atoms. The maximum Gasteiger partial charge on any atom is 0.319 e. The van der Waals surface area contributed by atoms with Gasteiger partial charge < -0.3 is 20.5 Å². The Kier molecular flexibility index (Phi) is 4.63. The molecule has 1 fully saturated rings. The Labute approximate surface area is 113 Å². The molecule has 0 aromatic heterocycles. The number of nitrogens with one attached hydrogen (secondary N) is 2. The van der Waals surface area contributed by atoms with E-state index in [2.05, 4.69) is 10.6 Å². The molecule has 2 amide bonds. The van der Waals surface area contributed by atoms with Crippen LogP contribution in [0.5, 0.6) is 5.75 Å². The number of hydrogen-bond acceptors (Lipinski definition) is 3. The molecule has 2 rings (SSSR count). The highest BCUT2D eigenvalue weighted by Crippen LogP contribution is 2.19. The van der Waals surface area contributed by atoms with Crippen LogP contribution in [0, 0.1) is 0 Å². The van der Waals surface area contributed by atoms with E-state index in [0.29, 0.717) is 5.69 Å². The summed E-state index contributed by atoms with van der Waals surface area (Å²) in [6.07, 6.45) is 3.23. The quantitative estimate of drug-likeness (QED) is 0.783. The van der Waals surface area contributed by atoms with E-state index in [0.717, 1.165) is 31.4 Å². The molecule has 1 aromatic carbocycles. The summed E-state index contributed by atoms with van der Waals surface area (Å²) in [6, 6.07) is 6.68. The number of aliphatic hydroxyl groups excluding tert-OH is 1. The second-order valence-corrected chi connectivity index (χ2v) is 4.79. The molecule has 2 atom stereocenters. The minimum Gasteiger partial charge on any atom is -0.497 e. The van der Waals surface area contributed by atoms with Crippen LogP contribution in [0.15, 0.2) is 24.3 Å². The minimum atomic E-state index is -0.435. The molecule has 3 N–H and O–H groups in total. The largest absolute Gasteiger partial charge is 0.497 e. The van der Waals surface area contributed by atoms with E-state index in [-0.39, 0.29) is 12.1 Å². The molecule has 0 radical (unpaired) electrons. The average Bonchev–Trinajstić information content (AvgIpc) is 2.42. The predicted octanol–water partition coefficient (Wildman–Crippen LogP) is 2.12. The highest BCUT2D eigenvalue weighted by molar-refractivity contribution is 5.89. The van der Waals surface area contributed by atoms with Crippen molar-refractivity contribution < 1.29 is 14.6 Å². The second kappa shape index (κ2) is 6.43. The molecule has 0 heterocycles. The van der Waals surface area contributed by atoms with E-state index in [1.54, 1.807) is 31.4 Å². The van der Waals surface area contributed by atoms with Crippen LogP contribution < -0.4 is 15.4 Å². The summed E-state index contributed by atoms with van der Waals surface area (Å²) in [6.45, 7) is 0. The molecule has 1 saturated carbocycles. The van der Waals surface area contributed by atoms with Gasteiger partial charge in [-0.2, -0.15) is 0 Å². The molecule has 0 spiro atoms. The van der Waals surface area contributed by atoms with Crippen molar-refractivity contribution in [3.8, 4) is 5.75 Å². The van der Waals surface area contributed by atoms with Crippen molar-refractivity contribution in [3.05, 3.63) is 24.3 Å². The highest BCUT2D eigenvalue weighted by Gasteiger charge is 2.24. The molecule has 1 aliphatic carbocycles. The highest BCUT2D eigenvalue weighted by atomic mass is 16.5. The van der Waals surface area contributed by atoms with Gasteiger partial charge in [-0.15, -0.1) is 0 Å². The van der Waals surface area contributed by atoms with Crippen LogP contribution in [0.3, 0.4) is 0 Å². The Morgan fingerprint density at radius 1 is 1.26 bits per heavy atom. The van der Waals surface area contributed by atoms with Gasteiger partial charge >= 0.3 is 6.03 Å². The first-order chi connectivity index (χ1) is 9.19. The van der Waals surface area contributed by atoms with E-state index >= 15 is 0 Å². The monoisotopic (exact) mass is 264 g/mol. The second-order valence-electron chi connectivity index (χ2n) is 4.79. The van der Waals surface area contributed by atoms with Crippen LogP contribution in [0.4, 0.5) is 10.5 Å². The van der Waals surface area contributed by atoms with Gasteiger partial charge in [-0.05, 0) is 37.1 Å². The lowest BCUT2D eigenvalue weighted by Crippen LogP contribution is -2.46. The summed E-state index contributed by atoms with van der Waals surface area (Å²) in [5.74, 6) is 0.744. The third-order valence-electron chi connectivity index (χ3n) is 3.39. The third kappa shape index (κ3) is 3.86. The fourth-order valence-corrected chi connectivity index (χ4v) is 2.29. The molecule has 0 aliphatic heterocycles. The normalized spacial score (nSPS) is 22.6. The number of hydrogen-bond donors (Lipinski definition) is 3. The molecule has 0 bridgehead atoms. The number of carbonyl (C=O) groups is 1. The Hall–Kier alpha value is -1.75. The maximum absolute atomic E-state index is 11.8. The molecule has 1 aromatic rings. The first-order valence-corrected chi connectivity index (χ1v) is 6.58. The molecule has 5 heteroatoms. The number of amides is 2. The number of ether oxygens (including phenoxy) is 1. The van der Waals surface area contributed by atoms with Crippen molar-refractivity contribution in [3.63, 3.8) is 0 Å². The van der Waals surface area contributed by atoms with Gasteiger partial charge in [-0.25, -0.2) is 4.79 Å². The van der Waals surface area contributed by atoms with Crippen molar-refractivity contribution in [2.75, 3.05) is 12.4 Å². The third-order valence-corrected chi connectivity index (χ3v) is 3.39. The van der Waals surface area contributed by atoms with E-state index in [1.807, 2.05) is 0 Å². The van der Waals surface area contributed by atoms with Gasteiger partial charge in [-0.1, -0.05) is 12.8 Å². The first kappa shape index (κ1) is 13.7. The number of urea groups is 1. The Balaban J connectivity index is 1.86. The maximum atomic E-state index is 11.8. The van der Waals surface area contributed by atoms with Crippen molar-refractivity contribution >= 4 is 11.7 Å². The Bertz CT molecular complexity index is 419. The zero-order chi connectivity index (χ0) is 13.7. The van der Waals surface area contributed by atoms with Gasteiger partial charge in [0.25, 0.3) is 0 Å². The summed E-state index contributed by atoms with van der Waals surface area (Å²) < 4.78 is 5.05. The standard InChI is InChI=1S/C14H20N2O3/c1-19-11-8-6-10(7-9-11)15-14(18)16-12-4-2-3-5-13(12)17/h6-9,12-13,17H,2-5H2,1H3,(H2,15,16,18). The van der Waals surface area contributed by atoms with Crippen LogP contribution >= 0.6 is 0 Å². The zero-order valence-electron chi connectivity index (χ0n) is 11.1. The number of methoxy groups -OCH3 is 1. The lowest BCUT2D eigenvalue weighted by molar-refractivity contribution is 0.0955. The van der Waals surface area contributed by atoms with Gasteiger partial charge in [0.15, 0.2) is 0 Å². The van der Waals surface area contributed by atoms with Gasteiger partial charge in [0.05, 0.1) is 19.3 Å². The number of benzene rings is 1. The van der Waals surface area contributed by atoms with Crippen molar-refractivity contribution in [2.24, 2.45) is 0 Å². The smallest absolute Gasteiger partial charge is 0.319 e. The Morgan fingerprint density at radius 2 is 1.95 bits per heavy atom.